The van der Waals surface area contributed by atoms with Crippen LogP contribution in [0.1, 0.15) is 33.4 Å². The minimum absolute atomic E-state index is 0.00911. The third-order valence-corrected chi connectivity index (χ3v) is 4.80. The van der Waals surface area contributed by atoms with Crippen molar-refractivity contribution in [3.8, 4) is 0 Å². The molecule has 2 unspecified atom stereocenters. The van der Waals surface area contributed by atoms with Gasteiger partial charge in [0.2, 0.25) is 5.91 Å². The molecular formula is C16H14F2N2O3S. The molecule has 0 radical (unpaired) electrons. The van der Waals surface area contributed by atoms with Crippen LogP contribution in [0.15, 0.2) is 23.6 Å². The Morgan fingerprint density at radius 1 is 1.38 bits per heavy atom. The highest BCUT2D eigenvalue weighted by Crippen LogP contribution is 2.48. The second-order valence-corrected chi connectivity index (χ2v) is 6.53. The normalized spacial score (nSPS) is 19.1. The summed E-state index contributed by atoms with van der Waals surface area (Å²) in [6, 6.07) is 3.26. The Hall–Kier alpha value is -2.35. The quantitative estimate of drug-likeness (QED) is 0.837. The van der Waals surface area contributed by atoms with Gasteiger partial charge in [0.25, 0.3) is 0 Å². The Bertz CT molecular complexity index is 793. The predicted octanol–water partition coefficient (Wildman–Crippen LogP) is 2.58. The largest absolute Gasteiger partial charge is 0.476 e. The molecule has 1 aliphatic carbocycles. The van der Waals surface area contributed by atoms with Gasteiger partial charge >= 0.3 is 5.97 Å². The van der Waals surface area contributed by atoms with Gasteiger partial charge in [0, 0.05) is 24.3 Å². The first-order valence-corrected chi connectivity index (χ1v) is 8.24. The maximum Gasteiger partial charge on any atom is 0.355 e. The van der Waals surface area contributed by atoms with Crippen molar-refractivity contribution in [1.29, 1.82) is 0 Å². The van der Waals surface area contributed by atoms with Gasteiger partial charge in [-0.15, -0.1) is 11.3 Å². The standard InChI is InChI=1S/C16H14F2N2O3S/c17-8-1-2-12(18)10(5-8)9-6-11(9)15(21)19-4-3-14-20-13(7-24-14)16(22)23/h1-2,5,7,9,11H,3-4,6H2,(H,19,21)(H,22,23). The van der Waals surface area contributed by atoms with E-state index in [9.17, 15) is 18.4 Å². The first kappa shape index (κ1) is 16.5. The van der Waals surface area contributed by atoms with Gasteiger partial charge in [-0.2, -0.15) is 0 Å². The van der Waals surface area contributed by atoms with Crippen LogP contribution in [0.2, 0.25) is 0 Å². The Kier molecular flexibility index (Phi) is 4.57. The van der Waals surface area contributed by atoms with Gasteiger partial charge in [0.1, 0.15) is 11.6 Å². The van der Waals surface area contributed by atoms with Gasteiger partial charge in [-0.3, -0.25) is 4.79 Å². The van der Waals surface area contributed by atoms with E-state index in [1.165, 1.54) is 16.7 Å². The molecule has 2 aromatic rings. The summed E-state index contributed by atoms with van der Waals surface area (Å²) in [5, 5.41) is 13.6. The smallest absolute Gasteiger partial charge is 0.355 e. The van der Waals surface area contributed by atoms with Crippen LogP contribution >= 0.6 is 11.3 Å². The summed E-state index contributed by atoms with van der Waals surface area (Å²) in [6.07, 6.45) is 0.919. The van der Waals surface area contributed by atoms with E-state index in [4.69, 9.17) is 5.11 Å². The number of rotatable bonds is 6. The molecule has 0 bridgehead atoms. The monoisotopic (exact) mass is 352 g/mol. The zero-order chi connectivity index (χ0) is 17.3. The molecule has 5 nitrogen and oxygen atoms in total. The second kappa shape index (κ2) is 6.64. The van der Waals surface area contributed by atoms with E-state index in [2.05, 4.69) is 10.3 Å². The van der Waals surface area contributed by atoms with E-state index in [-0.39, 0.29) is 29.0 Å². The molecule has 1 saturated carbocycles. The van der Waals surface area contributed by atoms with Crippen LogP contribution in [0.4, 0.5) is 8.78 Å². The lowest BCUT2D eigenvalue weighted by atomic mass is 10.1. The average molecular weight is 352 g/mol. The number of carboxylic acids is 1. The van der Waals surface area contributed by atoms with E-state index in [0.717, 1.165) is 18.2 Å². The van der Waals surface area contributed by atoms with E-state index in [1.54, 1.807) is 0 Å². The fourth-order valence-corrected chi connectivity index (χ4v) is 3.35. The average Bonchev–Trinajstić information content (AvgIpc) is 3.19. The number of carbonyl (C=O) groups excluding carboxylic acids is 1. The highest BCUT2D eigenvalue weighted by atomic mass is 32.1. The van der Waals surface area contributed by atoms with E-state index >= 15 is 0 Å². The Balaban J connectivity index is 1.50. The van der Waals surface area contributed by atoms with Crippen LogP contribution in [-0.2, 0) is 11.2 Å². The minimum Gasteiger partial charge on any atom is -0.476 e. The van der Waals surface area contributed by atoms with E-state index in [0.29, 0.717) is 24.4 Å². The lowest BCUT2D eigenvalue weighted by molar-refractivity contribution is -0.122. The molecule has 1 aromatic heterocycles. The summed E-state index contributed by atoms with van der Waals surface area (Å²) in [6.45, 7) is 0.320. The zero-order valence-corrected chi connectivity index (χ0v) is 13.3. The van der Waals surface area contributed by atoms with E-state index in [1.807, 2.05) is 0 Å². The molecule has 2 N–H and O–H groups in total. The number of carbonyl (C=O) groups is 2. The molecule has 0 saturated heterocycles. The number of aromatic carboxylic acids is 1. The molecule has 1 fully saturated rings. The number of aromatic nitrogens is 1. The van der Waals surface area contributed by atoms with Crippen molar-refractivity contribution in [3.05, 3.63) is 51.5 Å². The van der Waals surface area contributed by atoms with Crippen LogP contribution in [0, 0.1) is 17.6 Å². The van der Waals surface area contributed by atoms with E-state index < -0.39 is 17.6 Å². The highest BCUT2D eigenvalue weighted by molar-refractivity contribution is 7.09. The van der Waals surface area contributed by atoms with Crippen molar-refractivity contribution in [1.82, 2.24) is 10.3 Å². The lowest BCUT2D eigenvalue weighted by Crippen LogP contribution is -2.27. The molecule has 8 heteroatoms. The number of amides is 1. The van der Waals surface area contributed by atoms with Gasteiger partial charge in [-0.1, -0.05) is 0 Å². The lowest BCUT2D eigenvalue weighted by Gasteiger charge is -2.05. The number of nitrogens with one attached hydrogen (secondary N) is 1. The maximum absolute atomic E-state index is 13.7. The molecule has 0 spiro atoms. The summed E-state index contributed by atoms with van der Waals surface area (Å²) in [4.78, 5) is 26.7. The molecule has 1 aromatic carbocycles. The van der Waals surface area contributed by atoms with Gasteiger partial charge < -0.3 is 10.4 Å². The molecule has 24 heavy (non-hydrogen) atoms. The molecule has 1 aliphatic rings. The summed E-state index contributed by atoms with van der Waals surface area (Å²) >= 11 is 1.22. The molecular weight excluding hydrogens is 338 g/mol. The summed E-state index contributed by atoms with van der Waals surface area (Å²) < 4.78 is 26.9. The number of carboxylic acid groups (broad SMARTS) is 1. The van der Waals surface area contributed by atoms with Gasteiger partial charge in [-0.05, 0) is 36.1 Å². The summed E-state index contributed by atoms with van der Waals surface area (Å²) in [5.74, 6) is -2.96. The van der Waals surface area contributed by atoms with Crippen LogP contribution < -0.4 is 5.32 Å². The summed E-state index contributed by atoms with van der Waals surface area (Å²) in [7, 11) is 0. The van der Waals surface area contributed by atoms with Gasteiger partial charge in [0.05, 0.1) is 5.01 Å². The highest BCUT2D eigenvalue weighted by Gasteiger charge is 2.45. The number of halogens is 2. The fraction of sp³-hybridized carbons (Fsp3) is 0.312. The topological polar surface area (TPSA) is 79.3 Å². The minimum atomic E-state index is -1.08. The second-order valence-electron chi connectivity index (χ2n) is 5.59. The number of benzene rings is 1. The van der Waals surface area contributed by atoms with Crippen LogP contribution in [0.3, 0.4) is 0 Å². The first-order chi connectivity index (χ1) is 11.5. The first-order valence-electron chi connectivity index (χ1n) is 7.36. The van der Waals surface area contributed by atoms with Crippen molar-refractivity contribution in [2.45, 2.75) is 18.8 Å². The molecule has 0 aliphatic heterocycles. The summed E-state index contributed by atoms with van der Waals surface area (Å²) in [5.41, 5.74) is 0.228. The molecule has 126 valence electrons. The Labute approximate surface area is 140 Å². The maximum atomic E-state index is 13.7. The van der Waals surface area contributed by atoms with Gasteiger partial charge in [0.15, 0.2) is 5.69 Å². The number of thiazole rings is 1. The molecule has 2 atom stereocenters. The number of hydrogen-bond donors (Lipinski definition) is 2. The van der Waals surface area contributed by atoms with Crippen molar-refractivity contribution < 1.29 is 23.5 Å². The Morgan fingerprint density at radius 3 is 2.88 bits per heavy atom. The SMILES string of the molecule is O=C(O)c1csc(CCNC(=O)C2CC2c2cc(F)ccc2F)n1. The van der Waals surface area contributed by atoms with Crippen molar-refractivity contribution >= 4 is 23.2 Å². The van der Waals surface area contributed by atoms with Crippen LogP contribution in [0.5, 0.6) is 0 Å². The van der Waals surface area contributed by atoms with Gasteiger partial charge in [-0.25, -0.2) is 18.6 Å². The third-order valence-electron chi connectivity index (χ3n) is 3.89. The van der Waals surface area contributed by atoms with Crippen LogP contribution in [0.25, 0.3) is 0 Å². The molecule has 1 amide bonds. The Morgan fingerprint density at radius 2 is 2.17 bits per heavy atom. The van der Waals surface area contributed by atoms with Crippen molar-refractivity contribution in [2.24, 2.45) is 5.92 Å². The molecule has 3 rings (SSSR count). The fourth-order valence-electron chi connectivity index (χ4n) is 2.57. The zero-order valence-electron chi connectivity index (χ0n) is 12.5. The number of nitrogens with zero attached hydrogens (tertiary/aromatic N) is 1. The van der Waals surface area contributed by atoms with Crippen molar-refractivity contribution in [2.75, 3.05) is 6.54 Å². The molecule has 1 heterocycles. The number of hydrogen-bond acceptors (Lipinski definition) is 4. The third kappa shape index (κ3) is 3.59. The predicted molar refractivity (Wildman–Crippen MR) is 83.0 cm³/mol. The van der Waals surface area contributed by atoms with Crippen molar-refractivity contribution in [3.63, 3.8) is 0 Å². The van der Waals surface area contributed by atoms with Crippen LogP contribution in [-0.4, -0.2) is 28.5 Å².